The molecule has 5 nitrogen and oxygen atoms in total. The van der Waals surface area contributed by atoms with Gasteiger partial charge in [0.05, 0.1) is 0 Å². The van der Waals surface area contributed by atoms with Gasteiger partial charge in [0.15, 0.2) is 0 Å². The molecular weight excluding hydrogens is 174 g/mol. The number of rotatable bonds is 2. The molecule has 70 valence electrons. The highest BCUT2D eigenvalue weighted by atomic mass is 16.7. The molecule has 1 aliphatic rings. The summed E-state index contributed by atoms with van der Waals surface area (Å²) in [6.45, 7) is 4.76. The molecule has 0 spiro atoms. The first kappa shape index (κ1) is 9.44. The first-order valence-corrected chi connectivity index (χ1v) is 3.76. The summed E-state index contributed by atoms with van der Waals surface area (Å²) in [7, 11) is 0. The Hall–Kier alpha value is -1.65. The van der Waals surface area contributed by atoms with Crippen molar-refractivity contribution in [3.63, 3.8) is 0 Å². The molecular formula is C8H9NO4. The zero-order valence-electron chi connectivity index (χ0n) is 7.20. The van der Waals surface area contributed by atoms with Gasteiger partial charge in [-0.2, -0.15) is 0 Å². The maximum absolute atomic E-state index is 10.9. The summed E-state index contributed by atoms with van der Waals surface area (Å²) < 4.78 is 0. The van der Waals surface area contributed by atoms with Crippen LogP contribution in [0.3, 0.4) is 0 Å². The van der Waals surface area contributed by atoms with E-state index < -0.39 is 17.8 Å². The van der Waals surface area contributed by atoms with E-state index in [2.05, 4.69) is 11.4 Å². The van der Waals surface area contributed by atoms with Crippen LogP contribution in [-0.2, 0) is 19.2 Å². The van der Waals surface area contributed by atoms with Gasteiger partial charge in [-0.1, -0.05) is 6.58 Å². The average molecular weight is 183 g/mol. The SMILES string of the molecule is C=C(C)C(=O)ON1C(=O)CCC1=O. The molecule has 1 saturated heterocycles. The van der Waals surface area contributed by atoms with Gasteiger partial charge in [0.2, 0.25) is 0 Å². The van der Waals surface area contributed by atoms with Gasteiger partial charge in [-0.3, -0.25) is 9.59 Å². The molecule has 13 heavy (non-hydrogen) atoms. The van der Waals surface area contributed by atoms with E-state index in [4.69, 9.17) is 0 Å². The van der Waals surface area contributed by atoms with Crippen molar-refractivity contribution in [3.8, 4) is 0 Å². The lowest BCUT2D eigenvalue weighted by molar-refractivity contribution is -0.194. The van der Waals surface area contributed by atoms with E-state index >= 15 is 0 Å². The minimum absolute atomic E-state index is 0.0995. The van der Waals surface area contributed by atoms with Crippen molar-refractivity contribution in [3.05, 3.63) is 12.2 Å². The van der Waals surface area contributed by atoms with Crippen molar-refractivity contribution >= 4 is 17.8 Å². The van der Waals surface area contributed by atoms with Crippen LogP contribution in [0.2, 0.25) is 0 Å². The highest BCUT2D eigenvalue weighted by Gasteiger charge is 2.32. The molecule has 0 aromatic carbocycles. The topological polar surface area (TPSA) is 63.7 Å². The molecule has 2 amide bonds. The Morgan fingerprint density at radius 1 is 1.38 bits per heavy atom. The molecule has 1 rings (SSSR count). The van der Waals surface area contributed by atoms with Gasteiger partial charge in [-0.25, -0.2) is 4.79 Å². The van der Waals surface area contributed by atoms with Crippen molar-refractivity contribution in [2.24, 2.45) is 0 Å². The van der Waals surface area contributed by atoms with Crippen LogP contribution in [0, 0.1) is 0 Å². The van der Waals surface area contributed by atoms with Crippen LogP contribution < -0.4 is 0 Å². The Morgan fingerprint density at radius 3 is 2.23 bits per heavy atom. The molecule has 0 atom stereocenters. The molecule has 1 heterocycles. The lowest BCUT2D eigenvalue weighted by Crippen LogP contribution is -2.32. The number of carbonyl (C=O) groups excluding carboxylic acids is 3. The van der Waals surface area contributed by atoms with E-state index in [0.717, 1.165) is 0 Å². The second-order valence-corrected chi connectivity index (χ2v) is 2.74. The second-order valence-electron chi connectivity index (χ2n) is 2.74. The Morgan fingerprint density at radius 2 is 1.85 bits per heavy atom. The average Bonchev–Trinajstić information content (AvgIpc) is 2.35. The zero-order valence-corrected chi connectivity index (χ0v) is 7.20. The van der Waals surface area contributed by atoms with Gasteiger partial charge in [0.1, 0.15) is 0 Å². The van der Waals surface area contributed by atoms with Crippen LogP contribution in [0.5, 0.6) is 0 Å². The summed E-state index contributed by atoms with van der Waals surface area (Å²) >= 11 is 0. The zero-order chi connectivity index (χ0) is 10.0. The largest absolute Gasteiger partial charge is 0.359 e. The molecule has 0 saturated carbocycles. The first-order chi connectivity index (χ1) is 6.02. The standard InChI is InChI=1S/C8H9NO4/c1-5(2)8(12)13-9-6(10)3-4-7(9)11/h1,3-4H2,2H3. The molecule has 5 heteroatoms. The molecule has 0 aliphatic carbocycles. The fourth-order valence-electron chi connectivity index (χ4n) is 0.819. The van der Waals surface area contributed by atoms with Crippen molar-refractivity contribution in [1.29, 1.82) is 0 Å². The third kappa shape index (κ3) is 1.93. The quantitative estimate of drug-likeness (QED) is 0.452. The van der Waals surface area contributed by atoms with Gasteiger partial charge in [0.25, 0.3) is 11.8 Å². The van der Waals surface area contributed by atoms with E-state index in [9.17, 15) is 14.4 Å². The molecule has 0 aromatic rings. The summed E-state index contributed by atoms with van der Waals surface area (Å²) in [6.07, 6.45) is 0.199. The van der Waals surface area contributed by atoms with E-state index in [1.54, 1.807) is 0 Å². The Kier molecular flexibility index (Phi) is 2.46. The number of hydroxylamine groups is 2. The van der Waals surface area contributed by atoms with Crippen LogP contribution in [-0.4, -0.2) is 22.8 Å². The van der Waals surface area contributed by atoms with Gasteiger partial charge >= 0.3 is 5.97 Å². The van der Waals surface area contributed by atoms with Gasteiger partial charge in [0, 0.05) is 18.4 Å². The number of imide groups is 1. The number of amides is 2. The van der Waals surface area contributed by atoms with Crippen LogP contribution >= 0.6 is 0 Å². The minimum Gasteiger partial charge on any atom is -0.325 e. The van der Waals surface area contributed by atoms with Crippen molar-refractivity contribution in [2.75, 3.05) is 0 Å². The summed E-state index contributed by atoms with van der Waals surface area (Å²) in [5, 5.41) is 0.497. The highest BCUT2D eigenvalue weighted by molar-refractivity contribution is 6.02. The third-order valence-corrected chi connectivity index (χ3v) is 1.53. The van der Waals surface area contributed by atoms with Crippen molar-refractivity contribution in [2.45, 2.75) is 19.8 Å². The Labute approximate surface area is 74.9 Å². The van der Waals surface area contributed by atoms with Gasteiger partial charge in [-0.15, -0.1) is 5.06 Å². The van der Waals surface area contributed by atoms with E-state index in [1.165, 1.54) is 6.92 Å². The van der Waals surface area contributed by atoms with Crippen molar-refractivity contribution in [1.82, 2.24) is 5.06 Å². The van der Waals surface area contributed by atoms with Gasteiger partial charge in [-0.05, 0) is 6.92 Å². The Bertz CT molecular complexity index is 279. The molecule has 0 aromatic heterocycles. The van der Waals surface area contributed by atoms with E-state index in [1.807, 2.05) is 0 Å². The number of carbonyl (C=O) groups is 3. The molecule has 0 bridgehead atoms. The highest BCUT2D eigenvalue weighted by Crippen LogP contribution is 2.12. The van der Waals surface area contributed by atoms with E-state index in [-0.39, 0.29) is 18.4 Å². The van der Waals surface area contributed by atoms with Crippen LogP contribution in [0.25, 0.3) is 0 Å². The normalized spacial score (nSPS) is 16.2. The molecule has 0 unspecified atom stereocenters. The fourth-order valence-corrected chi connectivity index (χ4v) is 0.819. The van der Waals surface area contributed by atoms with Gasteiger partial charge < -0.3 is 4.84 Å². The summed E-state index contributed by atoms with van der Waals surface area (Å²) in [4.78, 5) is 37.3. The molecule has 1 aliphatic heterocycles. The lowest BCUT2D eigenvalue weighted by atomic mass is 10.4. The number of hydrogen-bond donors (Lipinski definition) is 0. The maximum Gasteiger partial charge on any atom is 0.359 e. The van der Waals surface area contributed by atoms with Crippen LogP contribution in [0.15, 0.2) is 12.2 Å². The summed E-state index contributed by atoms with van der Waals surface area (Å²) in [6, 6.07) is 0. The first-order valence-electron chi connectivity index (χ1n) is 3.76. The van der Waals surface area contributed by atoms with Crippen molar-refractivity contribution < 1.29 is 19.2 Å². The third-order valence-electron chi connectivity index (χ3n) is 1.53. The Balaban J connectivity index is 2.63. The molecule has 0 N–H and O–H groups in total. The van der Waals surface area contributed by atoms with Crippen LogP contribution in [0.4, 0.5) is 0 Å². The minimum atomic E-state index is -0.761. The summed E-state index contributed by atoms with van der Waals surface area (Å²) in [5.41, 5.74) is 0.146. The predicted molar refractivity (Wildman–Crippen MR) is 42.0 cm³/mol. The number of hydrogen-bond acceptors (Lipinski definition) is 4. The summed E-state index contributed by atoms with van der Waals surface area (Å²) in [5.74, 6) is -1.73. The maximum atomic E-state index is 10.9. The number of nitrogens with zero attached hydrogens (tertiary/aromatic N) is 1. The molecule has 0 radical (unpaired) electrons. The smallest absolute Gasteiger partial charge is 0.325 e. The predicted octanol–water partition coefficient (Wildman–Crippen LogP) is 0.170. The monoisotopic (exact) mass is 183 g/mol. The fraction of sp³-hybridized carbons (Fsp3) is 0.375. The van der Waals surface area contributed by atoms with Crippen LogP contribution in [0.1, 0.15) is 19.8 Å². The lowest BCUT2D eigenvalue weighted by Gasteiger charge is -2.11. The molecule has 1 fully saturated rings. The second kappa shape index (κ2) is 3.38. The van der Waals surface area contributed by atoms with E-state index in [0.29, 0.717) is 5.06 Å².